The average molecular weight is 356 g/mol. The van der Waals surface area contributed by atoms with Crippen LogP contribution in [0.3, 0.4) is 0 Å². The highest BCUT2D eigenvalue weighted by Crippen LogP contribution is 2.48. The molecule has 130 valence electrons. The summed E-state index contributed by atoms with van der Waals surface area (Å²) in [5.41, 5.74) is 3.18. The maximum Gasteiger partial charge on any atom is 0.238 e. The van der Waals surface area contributed by atoms with Crippen molar-refractivity contribution in [2.45, 2.75) is 30.2 Å². The van der Waals surface area contributed by atoms with Crippen LogP contribution in [-0.4, -0.2) is 25.8 Å². The van der Waals surface area contributed by atoms with Crippen LogP contribution < -0.4 is 5.14 Å². The quantitative estimate of drug-likeness (QED) is 0.914. The van der Waals surface area contributed by atoms with Gasteiger partial charge in [0.25, 0.3) is 0 Å². The van der Waals surface area contributed by atoms with Gasteiger partial charge in [0.05, 0.1) is 4.90 Å². The van der Waals surface area contributed by atoms with Crippen molar-refractivity contribution < 1.29 is 13.2 Å². The second-order valence-electron chi connectivity index (χ2n) is 6.84. The zero-order chi connectivity index (χ0) is 17.6. The van der Waals surface area contributed by atoms with Crippen LogP contribution in [0, 0.1) is 5.92 Å². The monoisotopic (exact) mass is 356 g/mol. The van der Waals surface area contributed by atoms with Crippen LogP contribution in [-0.2, 0) is 27.8 Å². The van der Waals surface area contributed by atoms with Crippen molar-refractivity contribution in [2.75, 3.05) is 6.54 Å². The largest absolute Gasteiger partial charge is 0.338 e. The minimum Gasteiger partial charge on any atom is -0.338 e. The third-order valence-corrected chi connectivity index (χ3v) is 6.08. The van der Waals surface area contributed by atoms with Gasteiger partial charge in [-0.05, 0) is 47.6 Å². The first-order chi connectivity index (χ1) is 11.9. The third kappa shape index (κ3) is 3.19. The third-order valence-electron chi connectivity index (χ3n) is 5.17. The maximum absolute atomic E-state index is 12.8. The molecule has 0 bridgehead atoms. The molecule has 1 heterocycles. The molecule has 1 aliphatic heterocycles. The normalized spacial score (nSPS) is 22.4. The molecule has 0 radical (unpaired) electrons. The fraction of sp³-hybridized carbons (Fsp3) is 0.316. The Kier molecular flexibility index (Phi) is 3.89. The van der Waals surface area contributed by atoms with Gasteiger partial charge in [-0.2, -0.15) is 0 Å². The number of fused-ring (bicyclic) bond motifs is 1. The molecule has 4 rings (SSSR count). The van der Waals surface area contributed by atoms with Crippen LogP contribution in [0.4, 0.5) is 0 Å². The molecule has 2 unspecified atom stereocenters. The van der Waals surface area contributed by atoms with E-state index in [0.717, 1.165) is 24.0 Å². The Bertz CT molecular complexity index is 925. The van der Waals surface area contributed by atoms with E-state index in [2.05, 4.69) is 12.1 Å². The van der Waals surface area contributed by atoms with Gasteiger partial charge < -0.3 is 4.90 Å². The lowest BCUT2D eigenvalue weighted by Gasteiger charge is -2.29. The maximum atomic E-state index is 12.8. The van der Waals surface area contributed by atoms with Crippen LogP contribution >= 0.6 is 0 Å². The van der Waals surface area contributed by atoms with Gasteiger partial charge in [-0.3, -0.25) is 4.79 Å². The van der Waals surface area contributed by atoms with E-state index in [1.807, 2.05) is 23.1 Å². The molecule has 1 fully saturated rings. The molecule has 25 heavy (non-hydrogen) atoms. The molecule has 1 aliphatic carbocycles. The van der Waals surface area contributed by atoms with E-state index in [1.54, 1.807) is 12.1 Å². The van der Waals surface area contributed by atoms with Crippen LogP contribution in [0.2, 0.25) is 0 Å². The predicted octanol–water partition coefficient (Wildman–Crippen LogP) is 2.02. The summed E-state index contributed by atoms with van der Waals surface area (Å²) in [6.45, 7) is 1.13. The molecular weight excluding hydrogens is 336 g/mol. The molecule has 1 saturated carbocycles. The zero-order valence-corrected chi connectivity index (χ0v) is 14.6. The van der Waals surface area contributed by atoms with E-state index in [1.165, 1.54) is 11.6 Å². The number of hydrogen-bond acceptors (Lipinski definition) is 3. The summed E-state index contributed by atoms with van der Waals surface area (Å²) in [4.78, 5) is 14.8. The molecule has 2 aromatic rings. The van der Waals surface area contributed by atoms with Crippen molar-refractivity contribution in [3.05, 3.63) is 65.2 Å². The van der Waals surface area contributed by atoms with Crippen LogP contribution in [0.5, 0.6) is 0 Å². The van der Waals surface area contributed by atoms with Gasteiger partial charge in [0.15, 0.2) is 0 Å². The van der Waals surface area contributed by atoms with Crippen LogP contribution in [0.15, 0.2) is 53.4 Å². The average Bonchev–Trinajstić information content (AvgIpc) is 3.41. The predicted molar refractivity (Wildman–Crippen MR) is 94.2 cm³/mol. The molecule has 2 aromatic carbocycles. The van der Waals surface area contributed by atoms with Gasteiger partial charge in [0.1, 0.15) is 0 Å². The summed E-state index contributed by atoms with van der Waals surface area (Å²) in [5, 5.41) is 5.22. The fourth-order valence-electron chi connectivity index (χ4n) is 3.67. The highest BCUT2D eigenvalue weighted by Gasteiger charge is 2.46. The van der Waals surface area contributed by atoms with E-state index >= 15 is 0 Å². The summed E-state index contributed by atoms with van der Waals surface area (Å²) < 4.78 is 23.1. The van der Waals surface area contributed by atoms with Gasteiger partial charge in [0, 0.05) is 19.0 Å². The first kappa shape index (κ1) is 16.3. The van der Waals surface area contributed by atoms with Gasteiger partial charge in [-0.15, -0.1) is 0 Å². The minimum atomic E-state index is -3.73. The van der Waals surface area contributed by atoms with E-state index < -0.39 is 10.0 Å². The summed E-state index contributed by atoms with van der Waals surface area (Å²) in [6, 6.07) is 15.1. The van der Waals surface area contributed by atoms with Gasteiger partial charge in [-0.1, -0.05) is 36.4 Å². The number of nitrogens with two attached hydrogens (primary N) is 1. The topological polar surface area (TPSA) is 80.5 Å². The van der Waals surface area contributed by atoms with Crippen molar-refractivity contribution in [1.29, 1.82) is 0 Å². The number of sulfonamides is 1. The number of carbonyl (C=O) groups excluding carboxylic acids is 1. The SMILES string of the molecule is NS(=O)(=O)c1ccc2c(c1)CN(C(=O)C1CC1c1ccccc1)CC2. The number of nitrogens with zero attached hydrogens (tertiary/aromatic N) is 1. The van der Waals surface area contributed by atoms with Gasteiger partial charge in [0.2, 0.25) is 15.9 Å². The van der Waals surface area contributed by atoms with E-state index in [9.17, 15) is 13.2 Å². The fourth-order valence-corrected chi connectivity index (χ4v) is 4.23. The number of rotatable bonds is 3. The van der Waals surface area contributed by atoms with Crippen molar-refractivity contribution in [2.24, 2.45) is 11.1 Å². The standard InChI is InChI=1S/C19H20N2O3S/c20-25(23,24)16-7-6-13-8-9-21(12-15(13)10-16)19(22)18-11-17(18)14-4-2-1-3-5-14/h1-7,10,17-18H,8-9,11-12H2,(H2,20,23,24). The number of amides is 1. The van der Waals surface area contributed by atoms with Crippen LogP contribution in [0.1, 0.15) is 29.0 Å². The molecule has 1 amide bonds. The van der Waals surface area contributed by atoms with Crippen molar-refractivity contribution >= 4 is 15.9 Å². The lowest BCUT2D eigenvalue weighted by atomic mass is 9.99. The number of carbonyl (C=O) groups is 1. The summed E-state index contributed by atoms with van der Waals surface area (Å²) in [5.74, 6) is 0.525. The smallest absolute Gasteiger partial charge is 0.238 e. The summed E-state index contributed by atoms with van der Waals surface area (Å²) >= 11 is 0. The van der Waals surface area contributed by atoms with Crippen molar-refractivity contribution in [3.8, 4) is 0 Å². The molecule has 0 saturated heterocycles. The second-order valence-corrected chi connectivity index (χ2v) is 8.41. The summed E-state index contributed by atoms with van der Waals surface area (Å²) in [6.07, 6.45) is 1.64. The Morgan fingerprint density at radius 2 is 1.84 bits per heavy atom. The van der Waals surface area contributed by atoms with Crippen LogP contribution in [0.25, 0.3) is 0 Å². The molecule has 0 spiro atoms. The number of hydrogen-bond donors (Lipinski definition) is 1. The van der Waals surface area contributed by atoms with E-state index in [0.29, 0.717) is 19.0 Å². The minimum absolute atomic E-state index is 0.0466. The van der Waals surface area contributed by atoms with E-state index in [-0.39, 0.29) is 16.7 Å². The first-order valence-corrected chi connectivity index (χ1v) is 9.96. The van der Waals surface area contributed by atoms with Crippen molar-refractivity contribution in [3.63, 3.8) is 0 Å². The van der Waals surface area contributed by atoms with Gasteiger partial charge >= 0.3 is 0 Å². The molecule has 2 N–H and O–H groups in total. The number of primary sulfonamides is 1. The Hall–Kier alpha value is -2.18. The molecule has 6 heteroatoms. The Morgan fingerprint density at radius 3 is 2.56 bits per heavy atom. The number of benzene rings is 2. The lowest BCUT2D eigenvalue weighted by Crippen LogP contribution is -2.37. The molecule has 5 nitrogen and oxygen atoms in total. The molecule has 2 aliphatic rings. The Labute approximate surface area is 147 Å². The van der Waals surface area contributed by atoms with Crippen molar-refractivity contribution in [1.82, 2.24) is 4.90 Å². The molecule has 2 atom stereocenters. The Morgan fingerprint density at radius 1 is 1.08 bits per heavy atom. The highest BCUT2D eigenvalue weighted by molar-refractivity contribution is 7.89. The van der Waals surface area contributed by atoms with E-state index in [4.69, 9.17) is 5.14 Å². The first-order valence-electron chi connectivity index (χ1n) is 8.42. The Balaban J connectivity index is 1.50. The lowest BCUT2D eigenvalue weighted by molar-refractivity contribution is -0.133. The molecule has 0 aromatic heterocycles. The summed E-state index contributed by atoms with van der Waals surface area (Å²) in [7, 11) is -3.73. The molecular formula is C19H20N2O3S. The van der Waals surface area contributed by atoms with Gasteiger partial charge in [-0.25, -0.2) is 13.6 Å². The zero-order valence-electron chi connectivity index (χ0n) is 13.8. The highest BCUT2D eigenvalue weighted by atomic mass is 32.2. The second kappa shape index (κ2) is 5.97.